The number of nitrogens with zero attached hydrogens (tertiary/aromatic N) is 2. The van der Waals surface area contributed by atoms with Gasteiger partial charge in [-0.05, 0) is 49.3 Å². The Morgan fingerprint density at radius 2 is 2.09 bits per heavy atom. The highest BCUT2D eigenvalue weighted by atomic mass is 32.1. The highest BCUT2D eigenvalue weighted by Crippen LogP contribution is 2.30. The van der Waals surface area contributed by atoms with Gasteiger partial charge in [-0.3, -0.25) is 4.40 Å². The van der Waals surface area contributed by atoms with E-state index < -0.39 is 5.97 Å². The standard InChI is InChI=1S/C18H18N2O2S/c1-2-15-16(17(21)22)23-18-19-14(10-20(15)18)13-8-7-11-5-3-4-6-12(11)9-13/h7-10H,2-6H2,1H3,(H,21,22). The Morgan fingerprint density at radius 3 is 2.83 bits per heavy atom. The second-order valence-electron chi connectivity index (χ2n) is 6.01. The van der Waals surface area contributed by atoms with Crippen molar-refractivity contribution in [2.75, 3.05) is 0 Å². The number of carboxylic acid groups (broad SMARTS) is 1. The van der Waals surface area contributed by atoms with E-state index in [1.54, 1.807) is 0 Å². The number of hydrogen-bond donors (Lipinski definition) is 1. The third kappa shape index (κ3) is 2.36. The molecule has 1 aromatic carbocycles. The van der Waals surface area contributed by atoms with Crippen molar-refractivity contribution in [3.63, 3.8) is 0 Å². The third-order valence-corrected chi connectivity index (χ3v) is 5.68. The molecule has 0 radical (unpaired) electrons. The largest absolute Gasteiger partial charge is 0.477 e. The van der Waals surface area contributed by atoms with Crippen LogP contribution in [0.1, 0.15) is 46.3 Å². The number of benzene rings is 1. The summed E-state index contributed by atoms with van der Waals surface area (Å²) in [5, 5.41) is 9.30. The van der Waals surface area contributed by atoms with E-state index in [1.807, 2.05) is 17.5 Å². The van der Waals surface area contributed by atoms with Crippen LogP contribution in [0.25, 0.3) is 16.2 Å². The number of imidazole rings is 1. The minimum absolute atomic E-state index is 0.395. The molecule has 2 heterocycles. The summed E-state index contributed by atoms with van der Waals surface area (Å²) in [6.45, 7) is 1.98. The zero-order valence-electron chi connectivity index (χ0n) is 13.0. The Hall–Kier alpha value is -2.14. The number of aryl methyl sites for hydroxylation is 3. The van der Waals surface area contributed by atoms with Crippen molar-refractivity contribution in [2.24, 2.45) is 0 Å². The van der Waals surface area contributed by atoms with Gasteiger partial charge < -0.3 is 5.11 Å². The van der Waals surface area contributed by atoms with Crippen LogP contribution >= 0.6 is 11.3 Å². The summed E-state index contributed by atoms with van der Waals surface area (Å²) in [7, 11) is 0. The van der Waals surface area contributed by atoms with E-state index in [4.69, 9.17) is 0 Å². The molecule has 0 unspecified atom stereocenters. The fourth-order valence-corrected chi connectivity index (χ4v) is 4.45. The molecule has 4 rings (SSSR count). The minimum Gasteiger partial charge on any atom is -0.477 e. The maximum Gasteiger partial charge on any atom is 0.347 e. The van der Waals surface area contributed by atoms with Crippen LogP contribution in [0.2, 0.25) is 0 Å². The van der Waals surface area contributed by atoms with Crippen LogP contribution in [-0.4, -0.2) is 20.5 Å². The molecule has 0 saturated carbocycles. The van der Waals surface area contributed by atoms with Crippen molar-refractivity contribution in [1.82, 2.24) is 9.38 Å². The summed E-state index contributed by atoms with van der Waals surface area (Å²) in [6, 6.07) is 6.62. The van der Waals surface area contributed by atoms with Crippen LogP contribution in [0.4, 0.5) is 0 Å². The van der Waals surface area contributed by atoms with E-state index >= 15 is 0 Å². The Balaban J connectivity index is 1.80. The van der Waals surface area contributed by atoms with Crippen LogP contribution in [0.15, 0.2) is 24.4 Å². The van der Waals surface area contributed by atoms with Crippen molar-refractivity contribution in [2.45, 2.75) is 39.0 Å². The molecule has 1 aliphatic rings. The lowest BCUT2D eigenvalue weighted by molar-refractivity contribution is 0.0700. The highest BCUT2D eigenvalue weighted by Gasteiger charge is 2.19. The monoisotopic (exact) mass is 326 g/mol. The average molecular weight is 326 g/mol. The van der Waals surface area contributed by atoms with Crippen molar-refractivity contribution >= 4 is 22.3 Å². The van der Waals surface area contributed by atoms with Crippen molar-refractivity contribution in [1.29, 1.82) is 0 Å². The number of aromatic carboxylic acids is 1. The van der Waals surface area contributed by atoms with Crippen molar-refractivity contribution in [3.8, 4) is 11.3 Å². The summed E-state index contributed by atoms with van der Waals surface area (Å²) in [4.78, 5) is 17.1. The van der Waals surface area contributed by atoms with Crippen LogP contribution in [0, 0.1) is 0 Å². The van der Waals surface area contributed by atoms with Gasteiger partial charge in [-0.25, -0.2) is 9.78 Å². The summed E-state index contributed by atoms with van der Waals surface area (Å²) in [6.07, 6.45) is 7.52. The lowest BCUT2D eigenvalue weighted by Crippen LogP contribution is -2.02. The van der Waals surface area contributed by atoms with Crippen LogP contribution < -0.4 is 0 Å². The molecule has 0 saturated heterocycles. The first-order valence-electron chi connectivity index (χ1n) is 8.03. The number of carboxylic acids is 1. The topological polar surface area (TPSA) is 54.6 Å². The second-order valence-corrected chi connectivity index (χ2v) is 6.98. The molecule has 118 valence electrons. The molecule has 0 bridgehead atoms. The van der Waals surface area contributed by atoms with Gasteiger partial charge >= 0.3 is 5.97 Å². The first-order chi connectivity index (χ1) is 11.2. The minimum atomic E-state index is -0.868. The van der Waals surface area contributed by atoms with E-state index in [0.29, 0.717) is 11.3 Å². The molecule has 2 aromatic heterocycles. The molecule has 4 nitrogen and oxygen atoms in total. The molecule has 0 aliphatic heterocycles. The molecule has 0 fully saturated rings. The fraction of sp³-hybridized carbons (Fsp3) is 0.333. The molecule has 0 spiro atoms. The number of thiazole rings is 1. The molecular weight excluding hydrogens is 308 g/mol. The third-order valence-electron chi connectivity index (χ3n) is 4.59. The summed E-state index contributed by atoms with van der Waals surface area (Å²) >= 11 is 1.25. The number of fused-ring (bicyclic) bond motifs is 2. The first kappa shape index (κ1) is 14.5. The van der Waals surface area contributed by atoms with Gasteiger partial charge in [0, 0.05) is 17.5 Å². The van der Waals surface area contributed by atoms with Crippen molar-refractivity contribution in [3.05, 3.63) is 46.1 Å². The number of aromatic nitrogens is 2. The fourth-order valence-electron chi connectivity index (χ4n) is 3.42. The molecule has 0 amide bonds. The van der Waals surface area contributed by atoms with Gasteiger partial charge in [0.05, 0.1) is 5.69 Å². The van der Waals surface area contributed by atoms with E-state index in [1.165, 1.54) is 41.7 Å². The van der Waals surface area contributed by atoms with Crippen LogP contribution in [0.3, 0.4) is 0 Å². The lowest BCUT2D eigenvalue weighted by atomic mass is 9.90. The first-order valence-corrected chi connectivity index (χ1v) is 8.85. The summed E-state index contributed by atoms with van der Waals surface area (Å²) in [5.74, 6) is -0.868. The van der Waals surface area contributed by atoms with E-state index in [9.17, 15) is 9.90 Å². The SMILES string of the molecule is CCc1c(C(=O)O)sc2nc(-c3ccc4c(c3)CCCC4)cn12. The molecule has 1 aliphatic carbocycles. The van der Waals surface area contributed by atoms with E-state index in [0.717, 1.165) is 28.3 Å². The van der Waals surface area contributed by atoms with E-state index in [2.05, 4.69) is 23.2 Å². The highest BCUT2D eigenvalue weighted by molar-refractivity contribution is 7.19. The van der Waals surface area contributed by atoms with Crippen LogP contribution in [0.5, 0.6) is 0 Å². The number of carbonyl (C=O) groups is 1. The van der Waals surface area contributed by atoms with Gasteiger partial charge in [0.25, 0.3) is 0 Å². The van der Waals surface area contributed by atoms with Gasteiger partial charge in [-0.15, -0.1) is 0 Å². The molecule has 1 N–H and O–H groups in total. The van der Waals surface area contributed by atoms with Gasteiger partial charge in [0.15, 0.2) is 4.96 Å². The molecule has 0 atom stereocenters. The van der Waals surface area contributed by atoms with Gasteiger partial charge in [0.1, 0.15) is 4.88 Å². The molecular formula is C18H18N2O2S. The lowest BCUT2D eigenvalue weighted by Gasteiger charge is -2.15. The Labute approximate surface area is 138 Å². The summed E-state index contributed by atoms with van der Waals surface area (Å²) < 4.78 is 1.93. The van der Waals surface area contributed by atoms with E-state index in [-0.39, 0.29) is 0 Å². The van der Waals surface area contributed by atoms with Crippen molar-refractivity contribution < 1.29 is 9.90 Å². The van der Waals surface area contributed by atoms with Gasteiger partial charge in [0.2, 0.25) is 0 Å². The quantitative estimate of drug-likeness (QED) is 0.784. The molecule has 23 heavy (non-hydrogen) atoms. The Bertz CT molecular complexity index is 907. The Kier molecular flexibility index (Phi) is 3.45. The molecule has 5 heteroatoms. The Morgan fingerprint density at radius 1 is 1.30 bits per heavy atom. The normalized spacial score (nSPS) is 14.1. The zero-order chi connectivity index (χ0) is 16.0. The van der Waals surface area contributed by atoms with Crippen LogP contribution in [-0.2, 0) is 19.3 Å². The predicted octanol–water partition coefficient (Wildman–Crippen LogP) is 4.20. The smallest absolute Gasteiger partial charge is 0.347 e. The summed E-state index contributed by atoms with van der Waals surface area (Å²) in [5.41, 5.74) is 5.78. The average Bonchev–Trinajstić information content (AvgIpc) is 3.11. The second kappa shape index (κ2) is 5.49. The zero-order valence-corrected chi connectivity index (χ0v) is 13.8. The van der Waals surface area contributed by atoms with Gasteiger partial charge in [-0.2, -0.15) is 0 Å². The molecule has 3 aromatic rings. The maximum atomic E-state index is 11.3. The predicted molar refractivity (Wildman–Crippen MR) is 91.5 cm³/mol. The maximum absolute atomic E-state index is 11.3. The number of hydrogen-bond acceptors (Lipinski definition) is 3. The van der Waals surface area contributed by atoms with Gasteiger partial charge in [-0.1, -0.05) is 30.4 Å². The number of rotatable bonds is 3.